The van der Waals surface area contributed by atoms with Gasteiger partial charge >= 0.3 is 5.97 Å². The van der Waals surface area contributed by atoms with Crippen LogP contribution < -0.4 is 0 Å². The monoisotopic (exact) mass is 327 g/mol. The van der Waals surface area contributed by atoms with Crippen LogP contribution in [-0.2, 0) is 5.75 Å². The van der Waals surface area contributed by atoms with Crippen molar-refractivity contribution in [2.24, 2.45) is 0 Å². The van der Waals surface area contributed by atoms with Crippen molar-refractivity contribution in [3.8, 4) is 0 Å². The highest BCUT2D eigenvalue weighted by molar-refractivity contribution is 7.98. The molecule has 4 nitrogen and oxygen atoms in total. The second kappa shape index (κ2) is 6.39. The second-order valence-electron chi connectivity index (χ2n) is 3.87. The number of thioether (sulfide) groups is 1. The molecule has 0 aliphatic rings. The van der Waals surface area contributed by atoms with E-state index in [1.54, 1.807) is 6.07 Å². The third-order valence-electron chi connectivity index (χ3n) is 2.38. The van der Waals surface area contributed by atoms with Gasteiger partial charge in [-0.1, -0.05) is 23.7 Å². The molecule has 0 atom stereocenters. The van der Waals surface area contributed by atoms with Gasteiger partial charge in [0.15, 0.2) is 11.5 Å². The zero-order valence-corrected chi connectivity index (χ0v) is 12.8. The zero-order chi connectivity index (χ0) is 14.7. The fraction of sp³-hybridized carbons (Fsp3) is 0.154. The van der Waals surface area contributed by atoms with Crippen LogP contribution in [0.1, 0.15) is 32.1 Å². The lowest BCUT2D eigenvalue weighted by atomic mass is 10.3. The number of hydrogen-bond donors (Lipinski definition) is 1. The minimum Gasteiger partial charge on any atom is -0.476 e. The molecular weight excluding hydrogens is 318 g/mol. The van der Waals surface area contributed by atoms with Gasteiger partial charge < -0.3 is 5.11 Å². The number of carbonyl (C=O) groups is 2. The van der Waals surface area contributed by atoms with Crippen LogP contribution in [0.4, 0.5) is 0 Å². The molecule has 0 saturated carbocycles. The lowest BCUT2D eigenvalue weighted by molar-refractivity contribution is 0.0687. The van der Waals surface area contributed by atoms with E-state index in [-0.39, 0.29) is 16.4 Å². The van der Waals surface area contributed by atoms with E-state index in [1.807, 2.05) is 18.2 Å². The molecule has 1 heterocycles. The van der Waals surface area contributed by atoms with Gasteiger partial charge in [0.25, 0.3) is 0 Å². The molecule has 0 aliphatic heterocycles. The number of carboxylic acid groups (broad SMARTS) is 1. The van der Waals surface area contributed by atoms with Crippen molar-refractivity contribution < 1.29 is 14.7 Å². The van der Waals surface area contributed by atoms with E-state index in [0.29, 0.717) is 15.8 Å². The number of Topliss-reactive ketones (excluding diaryl/α,β-unsaturated/α-hetero) is 1. The highest BCUT2D eigenvalue weighted by Gasteiger charge is 2.20. The van der Waals surface area contributed by atoms with Crippen molar-refractivity contribution in [3.05, 3.63) is 44.9 Å². The Labute approximate surface area is 128 Å². The van der Waals surface area contributed by atoms with E-state index in [9.17, 15) is 9.59 Å². The maximum atomic E-state index is 11.4. The molecule has 1 N–H and O–H groups in total. The number of aromatic nitrogens is 1. The number of benzene rings is 1. The number of nitrogens with zero attached hydrogens (tertiary/aromatic N) is 1. The summed E-state index contributed by atoms with van der Waals surface area (Å²) in [4.78, 5) is 27.5. The second-order valence-corrected chi connectivity index (χ2v) is 6.37. The fourth-order valence-corrected chi connectivity index (χ4v) is 3.69. The SMILES string of the molecule is CC(=O)c1sc(CSc2ccccc2Cl)nc1C(=O)O. The first-order valence-electron chi connectivity index (χ1n) is 5.60. The minimum atomic E-state index is -1.18. The van der Waals surface area contributed by atoms with Crippen molar-refractivity contribution in [1.29, 1.82) is 0 Å². The van der Waals surface area contributed by atoms with Gasteiger partial charge in [-0.25, -0.2) is 9.78 Å². The van der Waals surface area contributed by atoms with Gasteiger partial charge in [-0.05, 0) is 12.1 Å². The van der Waals surface area contributed by atoms with Crippen LogP contribution in [0.5, 0.6) is 0 Å². The van der Waals surface area contributed by atoms with Crippen molar-refractivity contribution >= 4 is 46.5 Å². The Morgan fingerprint density at radius 3 is 2.65 bits per heavy atom. The minimum absolute atomic E-state index is 0.169. The smallest absolute Gasteiger partial charge is 0.356 e. The van der Waals surface area contributed by atoms with Crippen molar-refractivity contribution in [3.63, 3.8) is 0 Å². The average molecular weight is 328 g/mol. The van der Waals surface area contributed by atoms with Gasteiger partial charge in [0.2, 0.25) is 0 Å². The average Bonchev–Trinajstić information content (AvgIpc) is 2.82. The van der Waals surface area contributed by atoms with Gasteiger partial charge in [0, 0.05) is 11.8 Å². The summed E-state index contributed by atoms with van der Waals surface area (Å²) in [6.07, 6.45) is 0. The van der Waals surface area contributed by atoms with E-state index in [2.05, 4.69) is 4.98 Å². The summed E-state index contributed by atoms with van der Waals surface area (Å²) in [5, 5.41) is 10.3. The lowest BCUT2D eigenvalue weighted by Gasteiger charge is -2.01. The molecule has 20 heavy (non-hydrogen) atoms. The van der Waals surface area contributed by atoms with Crippen molar-refractivity contribution in [1.82, 2.24) is 4.98 Å². The summed E-state index contributed by atoms with van der Waals surface area (Å²) in [5.41, 5.74) is -0.169. The van der Waals surface area contributed by atoms with Gasteiger partial charge in [-0.15, -0.1) is 23.1 Å². The molecule has 0 fully saturated rings. The summed E-state index contributed by atoms with van der Waals surface area (Å²) < 4.78 is 0. The van der Waals surface area contributed by atoms with E-state index in [1.165, 1.54) is 18.7 Å². The quantitative estimate of drug-likeness (QED) is 0.664. The first-order valence-corrected chi connectivity index (χ1v) is 7.78. The van der Waals surface area contributed by atoms with E-state index in [0.717, 1.165) is 16.2 Å². The van der Waals surface area contributed by atoms with E-state index < -0.39 is 5.97 Å². The Balaban J connectivity index is 2.19. The predicted molar refractivity (Wildman–Crippen MR) is 80.1 cm³/mol. The number of carbonyl (C=O) groups excluding carboxylic acids is 1. The summed E-state index contributed by atoms with van der Waals surface area (Å²) in [7, 11) is 0. The van der Waals surface area contributed by atoms with Crippen LogP contribution >= 0.6 is 34.7 Å². The standard InChI is InChI=1S/C13H10ClNO3S2/c1-7(16)12-11(13(17)18)15-10(20-12)6-19-9-5-3-2-4-8(9)14/h2-5H,6H2,1H3,(H,17,18). The molecule has 2 aromatic rings. The predicted octanol–water partition coefficient (Wildman–Crippen LogP) is 3.99. The Morgan fingerprint density at radius 1 is 1.40 bits per heavy atom. The molecule has 2 rings (SSSR count). The Morgan fingerprint density at radius 2 is 2.10 bits per heavy atom. The van der Waals surface area contributed by atoms with Crippen molar-refractivity contribution in [2.45, 2.75) is 17.6 Å². The molecule has 7 heteroatoms. The summed E-state index contributed by atoms with van der Waals surface area (Å²) in [5.74, 6) is -0.989. The Kier molecular flexibility index (Phi) is 4.80. The first-order chi connectivity index (χ1) is 9.49. The van der Waals surface area contributed by atoms with Crippen LogP contribution in [0.15, 0.2) is 29.2 Å². The Hall–Kier alpha value is -1.37. The largest absolute Gasteiger partial charge is 0.476 e. The number of halogens is 1. The first kappa shape index (κ1) is 15.0. The summed E-state index contributed by atoms with van der Waals surface area (Å²) >= 11 is 8.61. The molecule has 0 unspecified atom stereocenters. The highest BCUT2D eigenvalue weighted by atomic mass is 35.5. The molecule has 0 amide bonds. The van der Waals surface area contributed by atoms with Crippen LogP contribution in [-0.4, -0.2) is 21.8 Å². The number of aromatic carboxylic acids is 1. The fourth-order valence-electron chi connectivity index (χ4n) is 1.51. The summed E-state index contributed by atoms with van der Waals surface area (Å²) in [6, 6.07) is 7.38. The number of carboxylic acids is 1. The van der Waals surface area contributed by atoms with Crippen molar-refractivity contribution in [2.75, 3.05) is 0 Å². The third-order valence-corrected chi connectivity index (χ3v) is 5.25. The molecule has 0 radical (unpaired) electrons. The Bertz CT molecular complexity index is 638. The molecule has 0 aliphatic carbocycles. The topological polar surface area (TPSA) is 67.3 Å². The van der Waals surface area contributed by atoms with Crippen LogP contribution in [0, 0.1) is 0 Å². The van der Waals surface area contributed by atoms with E-state index in [4.69, 9.17) is 16.7 Å². The van der Waals surface area contributed by atoms with Gasteiger partial charge in [0.1, 0.15) is 9.88 Å². The zero-order valence-electron chi connectivity index (χ0n) is 10.4. The molecular formula is C13H10ClNO3S2. The maximum absolute atomic E-state index is 11.4. The normalized spacial score (nSPS) is 10.5. The molecule has 0 bridgehead atoms. The van der Waals surface area contributed by atoms with Gasteiger partial charge in [-0.3, -0.25) is 4.79 Å². The van der Waals surface area contributed by atoms with Crippen LogP contribution in [0.2, 0.25) is 5.02 Å². The molecule has 1 aromatic carbocycles. The van der Waals surface area contributed by atoms with Crippen LogP contribution in [0.3, 0.4) is 0 Å². The van der Waals surface area contributed by atoms with E-state index >= 15 is 0 Å². The lowest BCUT2D eigenvalue weighted by Crippen LogP contribution is -2.03. The number of rotatable bonds is 5. The molecule has 0 saturated heterocycles. The van der Waals surface area contributed by atoms with Gasteiger partial charge in [0.05, 0.1) is 10.8 Å². The number of ketones is 1. The molecule has 1 aromatic heterocycles. The highest BCUT2D eigenvalue weighted by Crippen LogP contribution is 2.31. The number of thiazole rings is 1. The number of hydrogen-bond acceptors (Lipinski definition) is 5. The maximum Gasteiger partial charge on any atom is 0.356 e. The third kappa shape index (κ3) is 3.39. The van der Waals surface area contributed by atoms with Gasteiger partial charge in [-0.2, -0.15) is 0 Å². The molecule has 0 spiro atoms. The summed E-state index contributed by atoms with van der Waals surface area (Å²) in [6.45, 7) is 1.34. The van der Waals surface area contributed by atoms with Crippen LogP contribution in [0.25, 0.3) is 0 Å². The molecule has 104 valence electrons.